The minimum Gasteiger partial charge on any atom is -0.367 e. The van der Waals surface area contributed by atoms with Gasteiger partial charge in [0.15, 0.2) is 5.82 Å². The maximum Gasteiger partial charge on any atom is 0.330 e. The minimum absolute atomic E-state index is 0.195. The first-order valence-electron chi connectivity index (χ1n) is 6.51. The molecule has 0 radical (unpaired) electrons. The summed E-state index contributed by atoms with van der Waals surface area (Å²) in [6.07, 6.45) is -3.75. The van der Waals surface area contributed by atoms with E-state index in [1.54, 1.807) is 13.0 Å². The van der Waals surface area contributed by atoms with Gasteiger partial charge in [0.25, 0.3) is 0 Å². The summed E-state index contributed by atoms with van der Waals surface area (Å²) in [6.45, 7) is 4.49. The van der Waals surface area contributed by atoms with Crippen molar-refractivity contribution in [2.24, 2.45) is 0 Å². The third-order valence-corrected chi connectivity index (χ3v) is 2.49. The van der Waals surface area contributed by atoms with Crippen LogP contribution in [0.5, 0.6) is 0 Å². The average molecular weight is 309 g/mol. The molecule has 0 aliphatic heterocycles. The fourth-order valence-corrected chi connectivity index (χ4v) is 1.51. The van der Waals surface area contributed by atoms with Crippen LogP contribution < -0.4 is 5.32 Å². The maximum absolute atomic E-state index is 12.7. The summed E-state index contributed by atoms with van der Waals surface area (Å²) < 4.78 is 53.9. The fraction of sp³-hybridized carbons (Fsp3) is 0.692. The molecule has 1 aromatic rings. The number of hydrogen-bond acceptors (Lipinski definition) is 4. The van der Waals surface area contributed by atoms with Crippen LogP contribution in [0.1, 0.15) is 31.1 Å². The summed E-state index contributed by atoms with van der Waals surface area (Å²) in [5.74, 6) is -3.97. The first-order valence-corrected chi connectivity index (χ1v) is 6.51. The molecule has 0 atom stereocenters. The highest BCUT2D eigenvalue weighted by atomic mass is 19.3. The van der Waals surface area contributed by atoms with Gasteiger partial charge in [-0.05, 0) is 13.0 Å². The third-order valence-electron chi connectivity index (χ3n) is 2.49. The quantitative estimate of drug-likeness (QED) is 0.750. The van der Waals surface area contributed by atoms with E-state index in [1.807, 2.05) is 13.8 Å². The monoisotopic (exact) mass is 309 g/mol. The Hall–Kier alpha value is -1.28. The Balaban J connectivity index is 2.59. The van der Waals surface area contributed by atoms with E-state index in [0.717, 1.165) is 0 Å². The molecule has 120 valence electrons. The van der Waals surface area contributed by atoms with Crippen LogP contribution >= 0.6 is 0 Å². The van der Waals surface area contributed by atoms with Crippen molar-refractivity contribution >= 4 is 0 Å². The van der Waals surface area contributed by atoms with Crippen LogP contribution in [0.2, 0.25) is 0 Å². The normalized spacial score (nSPS) is 12.4. The lowest BCUT2D eigenvalue weighted by Gasteiger charge is -2.15. The van der Waals surface area contributed by atoms with Gasteiger partial charge in [-0.25, -0.2) is 18.7 Å². The van der Waals surface area contributed by atoms with Crippen LogP contribution in [0.25, 0.3) is 0 Å². The number of aryl methyl sites for hydroxylation is 1. The molecule has 0 bridgehead atoms. The second-order valence-electron chi connectivity index (χ2n) is 5.01. The standard InChI is InChI=1S/C13H19F4N3O/c1-8(2)18-5-10-4-9(3)19-11(20-10)6-21-7-13(16,17)12(14)15/h4,8,12,18H,5-7H2,1-3H3. The SMILES string of the molecule is Cc1cc(CNC(C)C)nc(COCC(F)(F)C(F)F)n1. The Labute approximate surface area is 120 Å². The molecular formula is C13H19F4N3O. The van der Waals surface area contributed by atoms with E-state index in [4.69, 9.17) is 0 Å². The first kappa shape index (κ1) is 17.8. The van der Waals surface area contributed by atoms with Gasteiger partial charge in [-0.3, -0.25) is 0 Å². The van der Waals surface area contributed by atoms with Gasteiger partial charge in [-0.1, -0.05) is 13.8 Å². The summed E-state index contributed by atoms with van der Waals surface area (Å²) in [5, 5.41) is 3.16. The van der Waals surface area contributed by atoms with Crippen molar-refractivity contribution in [1.29, 1.82) is 0 Å². The van der Waals surface area contributed by atoms with Crippen molar-refractivity contribution in [3.8, 4) is 0 Å². The number of aromatic nitrogens is 2. The molecule has 21 heavy (non-hydrogen) atoms. The van der Waals surface area contributed by atoms with Crippen LogP contribution in [0.15, 0.2) is 6.07 Å². The number of nitrogens with zero attached hydrogens (tertiary/aromatic N) is 2. The molecule has 0 saturated carbocycles. The number of rotatable bonds is 8. The number of alkyl halides is 4. The largest absolute Gasteiger partial charge is 0.367 e. The Bertz CT molecular complexity index is 455. The summed E-state index contributed by atoms with van der Waals surface area (Å²) in [4.78, 5) is 8.17. The van der Waals surface area contributed by atoms with E-state index in [0.29, 0.717) is 17.9 Å². The van der Waals surface area contributed by atoms with Crippen LogP contribution in [0.4, 0.5) is 17.6 Å². The molecular weight excluding hydrogens is 290 g/mol. The molecule has 0 aromatic carbocycles. The Morgan fingerprint density at radius 3 is 2.52 bits per heavy atom. The molecule has 8 heteroatoms. The molecule has 0 saturated heterocycles. The lowest BCUT2D eigenvalue weighted by atomic mass is 10.3. The highest BCUT2D eigenvalue weighted by Gasteiger charge is 2.40. The summed E-state index contributed by atoms with van der Waals surface area (Å²) in [5.41, 5.74) is 1.35. The molecule has 0 aliphatic carbocycles. The predicted octanol–water partition coefficient (Wildman–Crippen LogP) is 2.70. The highest BCUT2D eigenvalue weighted by Crippen LogP contribution is 2.23. The van der Waals surface area contributed by atoms with Crippen molar-refractivity contribution in [2.75, 3.05) is 6.61 Å². The third kappa shape index (κ3) is 6.34. The van der Waals surface area contributed by atoms with Gasteiger partial charge in [-0.15, -0.1) is 0 Å². The second kappa shape index (κ2) is 7.65. The molecule has 1 rings (SSSR count). The molecule has 0 fully saturated rings. The van der Waals surface area contributed by atoms with Gasteiger partial charge in [0.2, 0.25) is 0 Å². The average Bonchev–Trinajstić information content (AvgIpc) is 2.35. The molecule has 0 amide bonds. The predicted molar refractivity (Wildman–Crippen MR) is 69.4 cm³/mol. The molecule has 0 spiro atoms. The van der Waals surface area contributed by atoms with Gasteiger partial charge < -0.3 is 10.1 Å². The van der Waals surface area contributed by atoms with Crippen LogP contribution in [0.3, 0.4) is 0 Å². The second-order valence-corrected chi connectivity index (χ2v) is 5.01. The van der Waals surface area contributed by atoms with Gasteiger partial charge in [0.1, 0.15) is 13.2 Å². The van der Waals surface area contributed by atoms with Crippen LogP contribution in [0, 0.1) is 6.92 Å². The Kier molecular flexibility index (Phi) is 6.47. The van der Waals surface area contributed by atoms with Crippen molar-refractivity contribution in [1.82, 2.24) is 15.3 Å². The lowest BCUT2D eigenvalue weighted by Crippen LogP contribution is -2.32. The van der Waals surface area contributed by atoms with Gasteiger partial charge in [0.05, 0.1) is 5.69 Å². The molecule has 1 aromatic heterocycles. The van der Waals surface area contributed by atoms with Gasteiger partial charge in [-0.2, -0.15) is 8.78 Å². The number of halogens is 4. The smallest absolute Gasteiger partial charge is 0.330 e. The molecule has 1 heterocycles. The number of ether oxygens (including phenoxy) is 1. The van der Waals surface area contributed by atoms with Crippen molar-refractivity contribution in [2.45, 2.75) is 52.3 Å². The number of nitrogens with one attached hydrogen (secondary N) is 1. The van der Waals surface area contributed by atoms with E-state index < -0.39 is 19.0 Å². The Morgan fingerprint density at radius 2 is 1.95 bits per heavy atom. The zero-order valence-corrected chi connectivity index (χ0v) is 12.2. The minimum atomic E-state index is -4.16. The summed E-state index contributed by atoms with van der Waals surface area (Å²) in [7, 11) is 0. The molecule has 1 N–H and O–H groups in total. The van der Waals surface area contributed by atoms with Crippen molar-refractivity contribution < 1.29 is 22.3 Å². The fourth-order valence-electron chi connectivity index (χ4n) is 1.51. The molecule has 4 nitrogen and oxygen atoms in total. The summed E-state index contributed by atoms with van der Waals surface area (Å²) in [6, 6.07) is 2.02. The van der Waals surface area contributed by atoms with Gasteiger partial charge in [0, 0.05) is 18.3 Å². The zero-order chi connectivity index (χ0) is 16.0. The first-order chi connectivity index (χ1) is 9.70. The van der Waals surface area contributed by atoms with E-state index >= 15 is 0 Å². The Morgan fingerprint density at radius 1 is 1.29 bits per heavy atom. The molecule has 0 unspecified atom stereocenters. The van der Waals surface area contributed by atoms with Crippen LogP contribution in [-0.4, -0.2) is 35.0 Å². The highest BCUT2D eigenvalue weighted by molar-refractivity contribution is 5.09. The van der Waals surface area contributed by atoms with E-state index in [9.17, 15) is 17.6 Å². The maximum atomic E-state index is 12.7. The lowest BCUT2D eigenvalue weighted by molar-refractivity contribution is -0.168. The van der Waals surface area contributed by atoms with Crippen molar-refractivity contribution in [3.05, 3.63) is 23.3 Å². The van der Waals surface area contributed by atoms with Gasteiger partial charge >= 0.3 is 12.3 Å². The van der Waals surface area contributed by atoms with E-state index in [1.165, 1.54) is 0 Å². The molecule has 0 aliphatic rings. The number of hydrogen-bond donors (Lipinski definition) is 1. The van der Waals surface area contributed by atoms with E-state index in [2.05, 4.69) is 20.0 Å². The zero-order valence-electron chi connectivity index (χ0n) is 12.2. The topological polar surface area (TPSA) is 47.0 Å². The van der Waals surface area contributed by atoms with Crippen LogP contribution in [-0.2, 0) is 17.9 Å². The summed E-state index contributed by atoms with van der Waals surface area (Å²) >= 11 is 0. The van der Waals surface area contributed by atoms with E-state index in [-0.39, 0.29) is 18.5 Å². The van der Waals surface area contributed by atoms with Crippen molar-refractivity contribution in [3.63, 3.8) is 0 Å².